The van der Waals surface area contributed by atoms with Gasteiger partial charge in [0.05, 0.1) is 0 Å². The lowest BCUT2D eigenvalue weighted by atomic mass is 9.83. The van der Waals surface area contributed by atoms with Gasteiger partial charge >= 0.3 is 0 Å². The Balaban J connectivity index is 2.05. The zero-order valence-electron chi connectivity index (χ0n) is 10.3. The van der Waals surface area contributed by atoms with Crippen LogP contribution in [0.5, 0.6) is 0 Å². The van der Waals surface area contributed by atoms with Crippen molar-refractivity contribution in [3.8, 4) is 0 Å². The van der Waals surface area contributed by atoms with Crippen LogP contribution in [0.15, 0.2) is 18.2 Å². The molecule has 1 N–H and O–H groups in total. The Morgan fingerprint density at radius 2 is 1.67 bits per heavy atom. The zero-order valence-corrected chi connectivity index (χ0v) is 12.6. The second-order valence-electron chi connectivity index (χ2n) is 5.03. The molecular formula is C14H18Cl3N. The molecule has 18 heavy (non-hydrogen) atoms. The van der Waals surface area contributed by atoms with Gasteiger partial charge in [-0.1, -0.05) is 48.5 Å². The molecular weight excluding hydrogens is 289 g/mol. The summed E-state index contributed by atoms with van der Waals surface area (Å²) in [7, 11) is 0. The maximum atomic E-state index is 6.18. The largest absolute Gasteiger partial charge is 0.306 e. The van der Waals surface area contributed by atoms with Crippen LogP contribution in [0.25, 0.3) is 0 Å². The van der Waals surface area contributed by atoms with Gasteiger partial charge in [0.1, 0.15) is 0 Å². The van der Waals surface area contributed by atoms with Crippen LogP contribution in [-0.4, -0.2) is 11.4 Å². The monoisotopic (exact) mass is 305 g/mol. The first-order chi connectivity index (χ1) is 8.67. The van der Waals surface area contributed by atoms with Gasteiger partial charge in [0.25, 0.3) is 0 Å². The normalized spacial score (nSPS) is 18.8. The van der Waals surface area contributed by atoms with Crippen LogP contribution in [-0.2, 0) is 6.54 Å². The molecule has 0 aromatic heterocycles. The van der Waals surface area contributed by atoms with E-state index in [-0.39, 0.29) is 5.54 Å². The summed E-state index contributed by atoms with van der Waals surface area (Å²) < 4.78 is 0. The molecule has 0 spiro atoms. The van der Waals surface area contributed by atoms with E-state index in [4.69, 9.17) is 34.8 Å². The van der Waals surface area contributed by atoms with Crippen molar-refractivity contribution in [2.75, 3.05) is 5.88 Å². The summed E-state index contributed by atoms with van der Waals surface area (Å²) in [5.74, 6) is 0.648. The molecule has 1 aromatic carbocycles. The predicted molar refractivity (Wildman–Crippen MR) is 79.8 cm³/mol. The first kappa shape index (κ1) is 14.5. The summed E-state index contributed by atoms with van der Waals surface area (Å²) in [4.78, 5) is 0. The van der Waals surface area contributed by atoms with E-state index in [2.05, 4.69) is 5.32 Å². The van der Waals surface area contributed by atoms with Crippen LogP contribution in [0, 0.1) is 0 Å². The van der Waals surface area contributed by atoms with Crippen molar-refractivity contribution in [1.29, 1.82) is 0 Å². The summed E-state index contributed by atoms with van der Waals surface area (Å²) in [6, 6.07) is 5.61. The van der Waals surface area contributed by atoms with Crippen molar-refractivity contribution in [2.24, 2.45) is 0 Å². The number of nitrogens with one attached hydrogen (secondary N) is 1. The Morgan fingerprint density at radius 3 is 2.22 bits per heavy atom. The minimum atomic E-state index is 0.0578. The van der Waals surface area contributed by atoms with Crippen molar-refractivity contribution < 1.29 is 0 Å². The highest BCUT2D eigenvalue weighted by Crippen LogP contribution is 2.31. The number of hydrogen-bond donors (Lipinski definition) is 1. The van der Waals surface area contributed by atoms with Crippen LogP contribution >= 0.6 is 34.8 Å². The van der Waals surface area contributed by atoms with E-state index in [1.54, 1.807) is 0 Å². The average molecular weight is 307 g/mol. The number of halogens is 3. The van der Waals surface area contributed by atoms with Gasteiger partial charge < -0.3 is 5.32 Å². The van der Waals surface area contributed by atoms with Gasteiger partial charge in [0.15, 0.2) is 0 Å². The minimum absolute atomic E-state index is 0.0578. The summed E-state index contributed by atoms with van der Waals surface area (Å²) in [5, 5.41) is 5.02. The molecule has 0 amide bonds. The van der Waals surface area contributed by atoms with Crippen LogP contribution in [0.1, 0.15) is 37.7 Å². The fourth-order valence-corrected chi connectivity index (χ4v) is 3.46. The van der Waals surface area contributed by atoms with Gasteiger partial charge in [-0.25, -0.2) is 0 Å². The second kappa shape index (κ2) is 6.47. The van der Waals surface area contributed by atoms with E-state index in [1.807, 2.05) is 18.2 Å². The maximum absolute atomic E-state index is 6.18. The van der Waals surface area contributed by atoms with Crippen molar-refractivity contribution in [3.05, 3.63) is 33.8 Å². The SMILES string of the molecule is ClCC1(NCc2c(Cl)cccc2Cl)CCCCC1. The molecule has 0 radical (unpaired) electrons. The molecule has 4 heteroatoms. The summed E-state index contributed by atoms with van der Waals surface area (Å²) in [6.07, 6.45) is 6.08. The first-order valence-corrected chi connectivity index (χ1v) is 7.70. The Hall–Kier alpha value is 0.0500. The smallest absolute Gasteiger partial charge is 0.0465 e. The predicted octanol–water partition coefficient (Wildman–Crippen LogP) is 5.02. The molecule has 0 saturated heterocycles. The Morgan fingerprint density at radius 1 is 1.06 bits per heavy atom. The van der Waals surface area contributed by atoms with Crippen molar-refractivity contribution >= 4 is 34.8 Å². The van der Waals surface area contributed by atoms with E-state index < -0.39 is 0 Å². The van der Waals surface area contributed by atoms with E-state index in [0.29, 0.717) is 12.4 Å². The van der Waals surface area contributed by atoms with E-state index >= 15 is 0 Å². The van der Waals surface area contributed by atoms with Crippen LogP contribution < -0.4 is 5.32 Å². The quantitative estimate of drug-likeness (QED) is 0.770. The first-order valence-electron chi connectivity index (χ1n) is 6.41. The Labute approximate surface area is 124 Å². The zero-order chi connectivity index (χ0) is 13.0. The fraction of sp³-hybridized carbons (Fsp3) is 0.571. The molecule has 0 heterocycles. The molecule has 0 bridgehead atoms. The third-order valence-electron chi connectivity index (χ3n) is 3.77. The highest BCUT2D eigenvalue weighted by molar-refractivity contribution is 6.35. The van der Waals surface area contributed by atoms with Gasteiger partial charge in [-0.05, 0) is 25.0 Å². The molecule has 100 valence electrons. The van der Waals surface area contributed by atoms with Gasteiger partial charge in [-0.15, -0.1) is 11.6 Å². The van der Waals surface area contributed by atoms with Crippen LogP contribution in [0.4, 0.5) is 0 Å². The van der Waals surface area contributed by atoms with Crippen molar-refractivity contribution in [2.45, 2.75) is 44.2 Å². The second-order valence-corrected chi connectivity index (χ2v) is 6.11. The molecule has 0 unspecified atom stereocenters. The fourth-order valence-electron chi connectivity index (χ4n) is 2.56. The Kier molecular flexibility index (Phi) is 5.20. The lowest BCUT2D eigenvalue weighted by Crippen LogP contribution is -2.48. The maximum Gasteiger partial charge on any atom is 0.0465 e. The highest BCUT2D eigenvalue weighted by atomic mass is 35.5. The van der Waals surface area contributed by atoms with E-state index in [9.17, 15) is 0 Å². The van der Waals surface area contributed by atoms with Crippen LogP contribution in [0.3, 0.4) is 0 Å². The number of hydrogen-bond acceptors (Lipinski definition) is 1. The Bertz CT molecular complexity index is 380. The summed E-state index contributed by atoms with van der Waals surface area (Å²) >= 11 is 18.5. The number of rotatable bonds is 4. The molecule has 1 aliphatic carbocycles. The van der Waals surface area contributed by atoms with Crippen molar-refractivity contribution in [3.63, 3.8) is 0 Å². The highest BCUT2D eigenvalue weighted by Gasteiger charge is 2.30. The van der Waals surface area contributed by atoms with Gasteiger partial charge in [-0.3, -0.25) is 0 Å². The van der Waals surface area contributed by atoms with Gasteiger partial charge in [-0.2, -0.15) is 0 Å². The van der Waals surface area contributed by atoms with Crippen molar-refractivity contribution in [1.82, 2.24) is 5.32 Å². The lowest BCUT2D eigenvalue weighted by molar-refractivity contribution is 0.256. The summed E-state index contributed by atoms with van der Waals surface area (Å²) in [6.45, 7) is 0.686. The third-order valence-corrected chi connectivity index (χ3v) is 4.99. The molecule has 1 fully saturated rings. The van der Waals surface area contributed by atoms with Gasteiger partial charge in [0, 0.05) is 33.6 Å². The molecule has 1 aromatic rings. The standard InChI is InChI=1S/C14H18Cl3N/c15-10-14(7-2-1-3-8-14)18-9-11-12(16)5-4-6-13(11)17/h4-6,18H,1-3,7-10H2. The lowest BCUT2D eigenvalue weighted by Gasteiger charge is -2.37. The third kappa shape index (κ3) is 3.33. The summed E-state index contributed by atoms with van der Waals surface area (Å²) in [5.41, 5.74) is 1.03. The van der Waals surface area contributed by atoms with E-state index in [1.165, 1.54) is 19.3 Å². The molecule has 1 saturated carbocycles. The molecule has 1 nitrogen and oxygen atoms in total. The molecule has 0 atom stereocenters. The average Bonchev–Trinajstić information content (AvgIpc) is 2.39. The van der Waals surface area contributed by atoms with Gasteiger partial charge in [0.2, 0.25) is 0 Å². The minimum Gasteiger partial charge on any atom is -0.306 e. The molecule has 0 aliphatic heterocycles. The van der Waals surface area contributed by atoms with E-state index in [0.717, 1.165) is 28.5 Å². The number of alkyl halides is 1. The van der Waals surface area contributed by atoms with Crippen LogP contribution in [0.2, 0.25) is 10.0 Å². The molecule has 1 aliphatic rings. The topological polar surface area (TPSA) is 12.0 Å². The molecule has 2 rings (SSSR count). The number of benzene rings is 1.